The number of hydrogen-bond donors (Lipinski definition) is 0. The molecule has 0 aliphatic carbocycles. The molecular formula is C11H12OS. The smallest absolute Gasteiger partial charge is 0.144 e. The summed E-state index contributed by atoms with van der Waals surface area (Å²) in [6.07, 6.45) is 0.716. The second-order valence-electron chi connectivity index (χ2n) is 3.45. The summed E-state index contributed by atoms with van der Waals surface area (Å²) in [5.41, 5.74) is 2.57. The lowest BCUT2D eigenvalue weighted by Gasteiger charge is -2.07. The fraction of sp³-hybridized carbons (Fsp3) is 0.364. The van der Waals surface area contributed by atoms with Crippen molar-refractivity contribution in [3.05, 3.63) is 35.4 Å². The lowest BCUT2D eigenvalue weighted by molar-refractivity contribution is -0.116. The number of rotatable bonds is 1. The lowest BCUT2D eigenvalue weighted by Crippen LogP contribution is -1.93. The topological polar surface area (TPSA) is 17.1 Å². The Morgan fingerprint density at radius 3 is 2.54 bits per heavy atom. The zero-order valence-corrected chi connectivity index (χ0v) is 8.43. The summed E-state index contributed by atoms with van der Waals surface area (Å²) in [6.45, 7) is 2.08. The van der Waals surface area contributed by atoms with Crippen LogP contribution in [0.5, 0.6) is 0 Å². The summed E-state index contributed by atoms with van der Waals surface area (Å²) >= 11 is 1.76. The maximum absolute atomic E-state index is 11.1. The molecule has 1 aliphatic heterocycles. The van der Waals surface area contributed by atoms with Gasteiger partial charge in [-0.25, -0.2) is 0 Å². The highest BCUT2D eigenvalue weighted by Gasteiger charge is 2.23. The molecule has 0 N–H and O–H groups in total. The molecule has 68 valence electrons. The highest BCUT2D eigenvalue weighted by atomic mass is 32.2. The maximum atomic E-state index is 11.1. The van der Waals surface area contributed by atoms with E-state index < -0.39 is 0 Å². The van der Waals surface area contributed by atoms with Gasteiger partial charge in [0, 0.05) is 11.7 Å². The lowest BCUT2D eigenvalue weighted by atomic mass is 10.1. The quantitative estimate of drug-likeness (QED) is 0.680. The standard InChI is InChI=1S/C11H12OS/c1-8-2-4-9(5-3-8)11-6-10(12)7-13-11/h2-5,11H,6-7H2,1H3. The van der Waals surface area contributed by atoms with E-state index in [1.807, 2.05) is 0 Å². The van der Waals surface area contributed by atoms with Crippen LogP contribution in [-0.2, 0) is 4.79 Å². The van der Waals surface area contributed by atoms with Gasteiger partial charge in [0.15, 0.2) is 0 Å². The van der Waals surface area contributed by atoms with E-state index in [9.17, 15) is 4.79 Å². The Balaban J connectivity index is 2.17. The number of benzene rings is 1. The zero-order valence-electron chi connectivity index (χ0n) is 7.62. The normalized spacial score (nSPS) is 22.2. The van der Waals surface area contributed by atoms with E-state index in [-0.39, 0.29) is 0 Å². The third-order valence-electron chi connectivity index (χ3n) is 2.31. The molecule has 0 bridgehead atoms. The average molecular weight is 192 g/mol. The molecule has 1 heterocycles. The third-order valence-corrected chi connectivity index (χ3v) is 3.64. The van der Waals surface area contributed by atoms with Gasteiger partial charge >= 0.3 is 0 Å². The van der Waals surface area contributed by atoms with Gasteiger partial charge in [0.2, 0.25) is 0 Å². The minimum absolute atomic E-state index is 0.385. The van der Waals surface area contributed by atoms with Crippen LogP contribution in [0.25, 0.3) is 0 Å². The zero-order chi connectivity index (χ0) is 9.26. The van der Waals surface area contributed by atoms with Crippen molar-refractivity contribution in [2.45, 2.75) is 18.6 Å². The van der Waals surface area contributed by atoms with Crippen LogP contribution < -0.4 is 0 Å². The number of carbonyl (C=O) groups is 1. The van der Waals surface area contributed by atoms with Crippen LogP contribution in [0.3, 0.4) is 0 Å². The first-order valence-corrected chi connectivity index (χ1v) is 5.50. The van der Waals surface area contributed by atoms with E-state index in [2.05, 4.69) is 31.2 Å². The van der Waals surface area contributed by atoms with Crippen molar-refractivity contribution in [1.29, 1.82) is 0 Å². The molecule has 1 aliphatic rings. The number of carbonyl (C=O) groups excluding carboxylic acids is 1. The number of aryl methyl sites for hydroxylation is 1. The number of ketones is 1. The molecule has 1 fully saturated rings. The minimum Gasteiger partial charge on any atom is -0.299 e. The van der Waals surface area contributed by atoms with E-state index in [4.69, 9.17) is 0 Å². The SMILES string of the molecule is Cc1ccc(C2CC(=O)CS2)cc1. The second kappa shape index (κ2) is 3.54. The monoisotopic (exact) mass is 192 g/mol. The van der Waals surface area contributed by atoms with Crippen molar-refractivity contribution >= 4 is 17.5 Å². The summed E-state index contributed by atoms with van der Waals surface area (Å²) < 4.78 is 0. The Bertz CT molecular complexity index is 315. The summed E-state index contributed by atoms with van der Waals surface area (Å²) in [7, 11) is 0. The summed E-state index contributed by atoms with van der Waals surface area (Å²) in [4.78, 5) is 11.1. The van der Waals surface area contributed by atoms with Gasteiger partial charge in [0.25, 0.3) is 0 Å². The molecule has 2 heteroatoms. The molecule has 1 nitrogen and oxygen atoms in total. The van der Waals surface area contributed by atoms with Crippen LogP contribution in [0.4, 0.5) is 0 Å². The highest BCUT2D eigenvalue weighted by Crippen LogP contribution is 2.37. The van der Waals surface area contributed by atoms with Crippen LogP contribution in [0.15, 0.2) is 24.3 Å². The number of hydrogen-bond acceptors (Lipinski definition) is 2. The minimum atomic E-state index is 0.385. The largest absolute Gasteiger partial charge is 0.299 e. The Labute approximate surface area is 82.5 Å². The van der Waals surface area contributed by atoms with Gasteiger partial charge in [-0.05, 0) is 12.5 Å². The first kappa shape index (κ1) is 8.82. The van der Waals surface area contributed by atoms with E-state index in [0.29, 0.717) is 23.2 Å². The van der Waals surface area contributed by atoms with Crippen LogP contribution in [0, 0.1) is 6.92 Å². The van der Waals surface area contributed by atoms with Gasteiger partial charge in [-0.15, -0.1) is 11.8 Å². The maximum Gasteiger partial charge on any atom is 0.144 e. The Morgan fingerprint density at radius 1 is 1.31 bits per heavy atom. The Morgan fingerprint density at radius 2 is 2.00 bits per heavy atom. The van der Waals surface area contributed by atoms with E-state index in [0.717, 1.165) is 0 Å². The van der Waals surface area contributed by atoms with E-state index in [1.54, 1.807) is 11.8 Å². The molecule has 1 aromatic rings. The van der Waals surface area contributed by atoms with E-state index >= 15 is 0 Å². The molecule has 0 spiro atoms. The third kappa shape index (κ3) is 1.94. The van der Waals surface area contributed by atoms with Crippen molar-refractivity contribution in [2.75, 3.05) is 5.75 Å². The van der Waals surface area contributed by atoms with Crippen LogP contribution in [-0.4, -0.2) is 11.5 Å². The summed E-state index contributed by atoms with van der Waals surface area (Å²) in [6, 6.07) is 8.48. The van der Waals surface area contributed by atoms with Crippen molar-refractivity contribution in [2.24, 2.45) is 0 Å². The predicted octanol–water partition coefficient (Wildman–Crippen LogP) is 2.74. The molecule has 0 aromatic heterocycles. The fourth-order valence-corrected chi connectivity index (χ4v) is 2.67. The fourth-order valence-electron chi connectivity index (χ4n) is 1.51. The predicted molar refractivity (Wildman–Crippen MR) is 56.0 cm³/mol. The van der Waals surface area contributed by atoms with Crippen molar-refractivity contribution < 1.29 is 4.79 Å². The van der Waals surface area contributed by atoms with Crippen molar-refractivity contribution in [3.63, 3.8) is 0 Å². The Kier molecular flexibility index (Phi) is 2.40. The molecule has 2 rings (SSSR count). The molecule has 1 saturated heterocycles. The van der Waals surface area contributed by atoms with Gasteiger partial charge in [-0.1, -0.05) is 29.8 Å². The molecule has 0 amide bonds. The molecule has 13 heavy (non-hydrogen) atoms. The molecule has 1 atom stereocenters. The molecule has 0 saturated carbocycles. The van der Waals surface area contributed by atoms with Gasteiger partial charge in [0.05, 0.1) is 5.75 Å². The first-order valence-electron chi connectivity index (χ1n) is 4.45. The van der Waals surface area contributed by atoms with Crippen molar-refractivity contribution in [1.82, 2.24) is 0 Å². The van der Waals surface area contributed by atoms with Crippen LogP contribution in [0.1, 0.15) is 22.8 Å². The highest BCUT2D eigenvalue weighted by molar-refractivity contribution is 8.00. The average Bonchev–Trinajstić information content (AvgIpc) is 2.53. The van der Waals surface area contributed by atoms with Crippen LogP contribution in [0.2, 0.25) is 0 Å². The number of Topliss-reactive ketones (excluding diaryl/α,β-unsaturated/α-hetero) is 1. The van der Waals surface area contributed by atoms with Gasteiger partial charge in [-0.2, -0.15) is 0 Å². The number of thioether (sulfide) groups is 1. The first-order chi connectivity index (χ1) is 6.25. The molecular weight excluding hydrogens is 180 g/mol. The molecule has 1 aromatic carbocycles. The molecule has 0 radical (unpaired) electrons. The molecule has 1 unspecified atom stereocenters. The van der Waals surface area contributed by atoms with Gasteiger partial charge in [-0.3, -0.25) is 4.79 Å². The second-order valence-corrected chi connectivity index (χ2v) is 4.64. The Hall–Kier alpha value is -0.760. The van der Waals surface area contributed by atoms with Crippen molar-refractivity contribution in [3.8, 4) is 0 Å². The summed E-state index contributed by atoms with van der Waals surface area (Å²) in [5, 5.41) is 0.410. The van der Waals surface area contributed by atoms with E-state index in [1.165, 1.54) is 11.1 Å². The van der Waals surface area contributed by atoms with Gasteiger partial charge < -0.3 is 0 Å². The summed E-state index contributed by atoms with van der Waals surface area (Å²) in [5.74, 6) is 1.08. The van der Waals surface area contributed by atoms with Crippen LogP contribution >= 0.6 is 11.8 Å². The van der Waals surface area contributed by atoms with Gasteiger partial charge in [0.1, 0.15) is 5.78 Å².